The van der Waals surface area contributed by atoms with Crippen molar-refractivity contribution in [2.45, 2.75) is 0 Å². The predicted molar refractivity (Wildman–Crippen MR) is 52.2 cm³/mol. The molecule has 5 nitrogen and oxygen atoms in total. The molecule has 0 atom stereocenters. The zero-order valence-corrected chi connectivity index (χ0v) is 7.52. The molecule has 1 heterocycles. The molecule has 3 N–H and O–H groups in total. The SMILES string of the molecule is O=C(O)c1cc(C(=O)O)c2cc[nH]c2c1. The average molecular weight is 205 g/mol. The van der Waals surface area contributed by atoms with Crippen molar-refractivity contribution in [2.24, 2.45) is 0 Å². The van der Waals surface area contributed by atoms with Crippen molar-refractivity contribution in [3.63, 3.8) is 0 Å². The number of carbonyl (C=O) groups is 2. The Balaban J connectivity index is 2.80. The van der Waals surface area contributed by atoms with E-state index in [1.807, 2.05) is 0 Å². The van der Waals surface area contributed by atoms with E-state index in [1.54, 1.807) is 12.3 Å². The highest BCUT2D eigenvalue weighted by molar-refractivity contribution is 6.06. The summed E-state index contributed by atoms with van der Waals surface area (Å²) in [6.45, 7) is 0. The van der Waals surface area contributed by atoms with Gasteiger partial charge in [-0.3, -0.25) is 0 Å². The van der Waals surface area contributed by atoms with Gasteiger partial charge in [-0.05, 0) is 18.2 Å². The second-order valence-corrected chi connectivity index (χ2v) is 3.07. The highest BCUT2D eigenvalue weighted by atomic mass is 16.4. The van der Waals surface area contributed by atoms with Crippen molar-refractivity contribution in [1.29, 1.82) is 0 Å². The molecule has 0 unspecified atom stereocenters. The van der Waals surface area contributed by atoms with Gasteiger partial charge in [-0.25, -0.2) is 9.59 Å². The Labute approximate surface area is 84.0 Å². The lowest BCUT2D eigenvalue weighted by atomic mass is 10.1. The third kappa shape index (κ3) is 1.43. The van der Waals surface area contributed by atoms with Gasteiger partial charge in [0.25, 0.3) is 0 Å². The summed E-state index contributed by atoms with van der Waals surface area (Å²) in [6.07, 6.45) is 1.57. The van der Waals surface area contributed by atoms with Crippen LogP contribution in [0.3, 0.4) is 0 Å². The molecular formula is C10H7NO4. The molecule has 5 heteroatoms. The normalized spacial score (nSPS) is 10.4. The fraction of sp³-hybridized carbons (Fsp3) is 0. The fourth-order valence-electron chi connectivity index (χ4n) is 1.47. The number of hydrogen-bond donors (Lipinski definition) is 3. The Morgan fingerprint density at radius 1 is 1.13 bits per heavy atom. The summed E-state index contributed by atoms with van der Waals surface area (Å²) >= 11 is 0. The van der Waals surface area contributed by atoms with E-state index in [-0.39, 0.29) is 11.1 Å². The summed E-state index contributed by atoms with van der Waals surface area (Å²) in [4.78, 5) is 24.4. The van der Waals surface area contributed by atoms with E-state index < -0.39 is 11.9 Å². The van der Waals surface area contributed by atoms with E-state index >= 15 is 0 Å². The van der Waals surface area contributed by atoms with Gasteiger partial charge in [-0.15, -0.1) is 0 Å². The molecule has 1 aromatic heterocycles. The third-order valence-corrected chi connectivity index (χ3v) is 2.15. The molecule has 0 amide bonds. The highest BCUT2D eigenvalue weighted by Gasteiger charge is 2.13. The van der Waals surface area contributed by atoms with Crippen LogP contribution in [0.4, 0.5) is 0 Å². The van der Waals surface area contributed by atoms with Crippen LogP contribution in [0.25, 0.3) is 10.9 Å². The summed E-state index contributed by atoms with van der Waals surface area (Å²) in [5.41, 5.74) is 0.459. The monoisotopic (exact) mass is 205 g/mol. The molecule has 2 aromatic rings. The summed E-state index contributed by atoms with van der Waals surface area (Å²) in [5.74, 6) is -2.28. The molecule has 0 aliphatic carbocycles. The lowest BCUT2D eigenvalue weighted by Crippen LogP contribution is -2.02. The highest BCUT2D eigenvalue weighted by Crippen LogP contribution is 2.20. The first-order valence-electron chi connectivity index (χ1n) is 4.17. The summed E-state index contributed by atoms with van der Waals surface area (Å²) in [5, 5.41) is 18.2. The maximum atomic E-state index is 10.9. The van der Waals surface area contributed by atoms with Gasteiger partial charge in [-0.2, -0.15) is 0 Å². The first-order valence-corrected chi connectivity index (χ1v) is 4.17. The molecule has 0 fully saturated rings. The Kier molecular flexibility index (Phi) is 1.93. The number of carboxylic acids is 2. The van der Waals surface area contributed by atoms with Crippen LogP contribution in [0.5, 0.6) is 0 Å². The molecule has 2 rings (SSSR count). The van der Waals surface area contributed by atoms with Crippen molar-refractivity contribution < 1.29 is 19.8 Å². The standard InChI is InChI=1S/C10H7NO4/c12-9(13)5-3-7(10(14)15)6-1-2-11-8(6)4-5/h1-4,11H,(H,12,13)(H,14,15). The van der Waals surface area contributed by atoms with Crippen LogP contribution in [0.1, 0.15) is 20.7 Å². The molecular weight excluding hydrogens is 198 g/mol. The number of fused-ring (bicyclic) bond motifs is 1. The van der Waals surface area contributed by atoms with Gasteiger partial charge in [0.2, 0.25) is 0 Å². The van der Waals surface area contributed by atoms with E-state index in [1.165, 1.54) is 6.07 Å². The third-order valence-electron chi connectivity index (χ3n) is 2.15. The van der Waals surface area contributed by atoms with Crippen molar-refractivity contribution in [3.8, 4) is 0 Å². The van der Waals surface area contributed by atoms with E-state index in [9.17, 15) is 9.59 Å². The number of hydrogen-bond acceptors (Lipinski definition) is 2. The zero-order valence-electron chi connectivity index (χ0n) is 7.52. The first-order chi connectivity index (χ1) is 7.09. The second-order valence-electron chi connectivity index (χ2n) is 3.07. The predicted octanol–water partition coefficient (Wildman–Crippen LogP) is 1.56. The molecule has 0 spiro atoms. The number of nitrogens with one attached hydrogen (secondary N) is 1. The van der Waals surface area contributed by atoms with Crippen molar-refractivity contribution in [2.75, 3.05) is 0 Å². The molecule has 0 bridgehead atoms. The van der Waals surface area contributed by atoms with Crippen molar-refractivity contribution in [1.82, 2.24) is 4.98 Å². The van der Waals surface area contributed by atoms with Gasteiger partial charge in [-0.1, -0.05) is 0 Å². The number of aromatic nitrogens is 1. The van der Waals surface area contributed by atoms with Gasteiger partial charge in [0.05, 0.1) is 11.1 Å². The minimum absolute atomic E-state index is 0.00819. The zero-order chi connectivity index (χ0) is 11.0. The molecule has 1 aromatic carbocycles. The summed E-state index contributed by atoms with van der Waals surface area (Å²) in [6, 6.07) is 4.16. The topological polar surface area (TPSA) is 90.4 Å². The van der Waals surface area contributed by atoms with Gasteiger partial charge in [0.1, 0.15) is 0 Å². The fourth-order valence-corrected chi connectivity index (χ4v) is 1.47. The Morgan fingerprint density at radius 3 is 2.47 bits per heavy atom. The average Bonchev–Trinajstić information content (AvgIpc) is 2.62. The minimum Gasteiger partial charge on any atom is -0.478 e. The Bertz CT molecular complexity index is 556. The van der Waals surface area contributed by atoms with Gasteiger partial charge in [0.15, 0.2) is 0 Å². The summed E-state index contributed by atoms with van der Waals surface area (Å²) in [7, 11) is 0. The number of carboxylic acid groups (broad SMARTS) is 2. The molecule has 0 aliphatic heterocycles. The lowest BCUT2D eigenvalue weighted by molar-refractivity contribution is 0.0696. The Hall–Kier alpha value is -2.30. The lowest BCUT2D eigenvalue weighted by Gasteiger charge is -2.00. The van der Waals surface area contributed by atoms with Gasteiger partial charge in [0, 0.05) is 17.1 Å². The van der Waals surface area contributed by atoms with E-state index in [4.69, 9.17) is 10.2 Å². The minimum atomic E-state index is -1.14. The van der Waals surface area contributed by atoms with Crippen LogP contribution in [-0.2, 0) is 0 Å². The van der Waals surface area contributed by atoms with Crippen LogP contribution < -0.4 is 0 Å². The molecule has 0 aliphatic rings. The number of rotatable bonds is 2. The van der Waals surface area contributed by atoms with E-state index in [0.717, 1.165) is 6.07 Å². The number of aromatic carboxylic acids is 2. The smallest absolute Gasteiger partial charge is 0.336 e. The van der Waals surface area contributed by atoms with E-state index in [2.05, 4.69) is 4.98 Å². The first kappa shape index (κ1) is 9.26. The number of H-pyrrole nitrogens is 1. The molecule has 0 saturated carbocycles. The van der Waals surface area contributed by atoms with Crippen molar-refractivity contribution >= 4 is 22.8 Å². The van der Waals surface area contributed by atoms with Crippen LogP contribution in [0, 0.1) is 0 Å². The maximum Gasteiger partial charge on any atom is 0.336 e. The maximum absolute atomic E-state index is 10.9. The second kappa shape index (κ2) is 3.13. The van der Waals surface area contributed by atoms with Gasteiger partial charge >= 0.3 is 11.9 Å². The number of aromatic amines is 1. The van der Waals surface area contributed by atoms with Gasteiger partial charge < -0.3 is 15.2 Å². The Morgan fingerprint density at radius 2 is 1.87 bits per heavy atom. The van der Waals surface area contributed by atoms with E-state index in [0.29, 0.717) is 10.9 Å². The molecule has 15 heavy (non-hydrogen) atoms. The summed E-state index contributed by atoms with van der Waals surface area (Å²) < 4.78 is 0. The van der Waals surface area contributed by atoms with Crippen LogP contribution in [-0.4, -0.2) is 27.1 Å². The molecule has 0 radical (unpaired) electrons. The van der Waals surface area contributed by atoms with Crippen LogP contribution >= 0.6 is 0 Å². The van der Waals surface area contributed by atoms with Crippen molar-refractivity contribution in [3.05, 3.63) is 35.5 Å². The number of benzene rings is 1. The largest absolute Gasteiger partial charge is 0.478 e. The van der Waals surface area contributed by atoms with Crippen LogP contribution in [0.15, 0.2) is 24.4 Å². The molecule has 0 saturated heterocycles. The molecule has 76 valence electrons. The quantitative estimate of drug-likeness (QED) is 0.693. The van der Waals surface area contributed by atoms with Crippen LogP contribution in [0.2, 0.25) is 0 Å².